The van der Waals surface area contributed by atoms with E-state index < -0.39 is 0 Å². The third kappa shape index (κ3) is 2.96. The number of hydrogen-bond acceptors (Lipinski definition) is 4. The van der Waals surface area contributed by atoms with Crippen LogP contribution in [0, 0.1) is 19.3 Å². The Morgan fingerprint density at radius 1 is 1.45 bits per heavy atom. The minimum Gasteiger partial charge on any atom is -0.496 e. The Labute approximate surface area is 122 Å². The van der Waals surface area contributed by atoms with Crippen molar-refractivity contribution in [3.63, 3.8) is 0 Å². The standard InChI is InChI=1S/C16H27N3O/c1-11-8-18-13(12(2)15(11)20-5)9-19-7-6-14(17)16(3,4)10-19/h8,14H,6-7,9-10,17H2,1-5H3. The van der Waals surface area contributed by atoms with Crippen molar-refractivity contribution >= 4 is 0 Å². The van der Waals surface area contributed by atoms with Crippen LogP contribution in [0.4, 0.5) is 0 Å². The van der Waals surface area contributed by atoms with Crippen LogP contribution in [0.2, 0.25) is 0 Å². The molecule has 0 spiro atoms. The van der Waals surface area contributed by atoms with E-state index >= 15 is 0 Å². The molecule has 1 aromatic rings. The first kappa shape index (κ1) is 15.3. The van der Waals surface area contributed by atoms with Gasteiger partial charge in [0, 0.05) is 43.0 Å². The number of aromatic nitrogens is 1. The third-order valence-corrected chi connectivity index (χ3v) is 4.51. The van der Waals surface area contributed by atoms with Crippen molar-refractivity contribution in [3.8, 4) is 5.75 Å². The molecule has 1 unspecified atom stereocenters. The molecule has 0 aromatic carbocycles. The highest BCUT2D eigenvalue weighted by atomic mass is 16.5. The van der Waals surface area contributed by atoms with E-state index in [9.17, 15) is 0 Å². The van der Waals surface area contributed by atoms with E-state index in [-0.39, 0.29) is 5.41 Å². The Bertz CT molecular complexity index is 485. The molecule has 1 aliphatic heterocycles. The second kappa shape index (κ2) is 5.70. The van der Waals surface area contributed by atoms with Crippen LogP contribution in [-0.4, -0.2) is 36.1 Å². The highest BCUT2D eigenvalue weighted by molar-refractivity contribution is 5.41. The number of piperidine rings is 1. The number of aryl methyl sites for hydroxylation is 1. The maximum atomic E-state index is 6.20. The van der Waals surface area contributed by atoms with E-state index in [4.69, 9.17) is 10.5 Å². The van der Waals surface area contributed by atoms with Crippen LogP contribution >= 0.6 is 0 Å². The highest BCUT2D eigenvalue weighted by Gasteiger charge is 2.33. The van der Waals surface area contributed by atoms with Gasteiger partial charge in [0.1, 0.15) is 5.75 Å². The summed E-state index contributed by atoms with van der Waals surface area (Å²) in [4.78, 5) is 7.05. The van der Waals surface area contributed by atoms with Gasteiger partial charge in [-0.1, -0.05) is 13.8 Å². The Kier molecular flexibility index (Phi) is 4.35. The van der Waals surface area contributed by atoms with Gasteiger partial charge in [0.2, 0.25) is 0 Å². The lowest BCUT2D eigenvalue weighted by molar-refractivity contribution is 0.0887. The lowest BCUT2D eigenvalue weighted by atomic mass is 9.79. The SMILES string of the molecule is COc1c(C)cnc(CN2CCC(N)C(C)(C)C2)c1C. The first-order valence-corrected chi connectivity index (χ1v) is 7.32. The summed E-state index contributed by atoms with van der Waals surface area (Å²) < 4.78 is 5.49. The summed E-state index contributed by atoms with van der Waals surface area (Å²) in [6, 6.07) is 0.292. The van der Waals surface area contributed by atoms with Gasteiger partial charge >= 0.3 is 0 Å². The van der Waals surface area contributed by atoms with Crippen LogP contribution in [0.15, 0.2) is 6.20 Å². The van der Waals surface area contributed by atoms with Gasteiger partial charge in [-0.05, 0) is 25.7 Å². The molecule has 0 amide bonds. The summed E-state index contributed by atoms with van der Waals surface area (Å²) in [6.07, 6.45) is 2.96. The minimum atomic E-state index is 0.168. The fraction of sp³-hybridized carbons (Fsp3) is 0.688. The van der Waals surface area contributed by atoms with Crippen LogP contribution in [0.3, 0.4) is 0 Å². The van der Waals surface area contributed by atoms with E-state index in [0.717, 1.165) is 48.6 Å². The summed E-state index contributed by atoms with van der Waals surface area (Å²) in [5.74, 6) is 0.961. The zero-order chi connectivity index (χ0) is 14.9. The number of ether oxygens (including phenoxy) is 1. The molecule has 1 saturated heterocycles. The molecule has 4 heteroatoms. The van der Waals surface area contributed by atoms with Crippen molar-refractivity contribution in [2.24, 2.45) is 11.1 Å². The fourth-order valence-electron chi connectivity index (χ4n) is 3.06. The molecule has 1 fully saturated rings. The fourth-order valence-corrected chi connectivity index (χ4v) is 3.06. The summed E-state index contributed by atoms with van der Waals surface area (Å²) in [5, 5.41) is 0. The molecule has 1 atom stereocenters. The van der Waals surface area contributed by atoms with Gasteiger partial charge in [0.15, 0.2) is 0 Å². The number of hydrogen-bond donors (Lipinski definition) is 1. The lowest BCUT2D eigenvalue weighted by Gasteiger charge is -2.42. The Morgan fingerprint density at radius 2 is 2.15 bits per heavy atom. The molecule has 20 heavy (non-hydrogen) atoms. The maximum Gasteiger partial charge on any atom is 0.128 e. The topological polar surface area (TPSA) is 51.4 Å². The van der Waals surface area contributed by atoms with Gasteiger partial charge in [0.25, 0.3) is 0 Å². The molecule has 1 aliphatic rings. The van der Waals surface area contributed by atoms with Gasteiger partial charge in [-0.25, -0.2) is 0 Å². The average Bonchev–Trinajstić information content (AvgIpc) is 2.38. The molecule has 0 radical (unpaired) electrons. The predicted molar refractivity (Wildman–Crippen MR) is 81.9 cm³/mol. The zero-order valence-electron chi connectivity index (χ0n) is 13.4. The number of methoxy groups -OCH3 is 1. The Balaban J connectivity index is 2.15. The number of likely N-dealkylation sites (tertiary alicyclic amines) is 1. The van der Waals surface area contributed by atoms with Crippen molar-refractivity contribution in [2.75, 3.05) is 20.2 Å². The second-order valence-electron chi connectivity index (χ2n) is 6.64. The molecule has 2 rings (SSSR count). The summed E-state index contributed by atoms with van der Waals surface area (Å²) in [7, 11) is 1.72. The minimum absolute atomic E-state index is 0.168. The summed E-state index contributed by atoms with van der Waals surface area (Å²) >= 11 is 0. The van der Waals surface area contributed by atoms with E-state index in [0.29, 0.717) is 6.04 Å². The van der Waals surface area contributed by atoms with Gasteiger partial charge in [0.05, 0.1) is 12.8 Å². The molecular weight excluding hydrogens is 250 g/mol. The number of nitrogens with zero attached hydrogens (tertiary/aromatic N) is 2. The van der Waals surface area contributed by atoms with Crippen LogP contribution in [-0.2, 0) is 6.54 Å². The van der Waals surface area contributed by atoms with Crippen molar-refractivity contribution in [2.45, 2.75) is 46.7 Å². The van der Waals surface area contributed by atoms with E-state index in [1.165, 1.54) is 0 Å². The van der Waals surface area contributed by atoms with E-state index in [2.05, 4.69) is 30.7 Å². The Hall–Kier alpha value is -1.13. The van der Waals surface area contributed by atoms with Crippen LogP contribution in [0.25, 0.3) is 0 Å². The number of pyridine rings is 1. The molecule has 112 valence electrons. The molecule has 0 bridgehead atoms. The molecule has 4 nitrogen and oxygen atoms in total. The van der Waals surface area contributed by atoms with Gasteiger partial charge < -0.3 is 10.5 Å². The summed E-state index contributed by atoms with van der Waals surface area (Å²) in [6.45, 7) is 11.6. The molecule has 2 N–H and O–H groups in total. The molecule has 0 saturated carbocycles. The molecular formula is C16H27N3O. The molecule has 0 aliphatic carbocycles. The van der Waals surface area contributed by atoms with Crippen molar-refractivity contribution in [3.05, 3.63) is 23.0 Å². The quantitative estimate of drug-likeness (QED) is 0.921. The lowest BCUT2D eigenvalue weighted by Crippen LogP contribution is -2.52. The molecule has 1 aromatic heterocycles. The van der Waals surface area contributed by atoms with Gasteiger partial charge in [-0.15, -0.1) is 0 Å². The molecule has 2 heterocycles. The van der Waals surface area contributed by atoms with Crippen LogP contribution in [0.5, 0.6) is 5.75 Å². The second-order valence-corrected chi connectivity index (χ2v) is 6.64. The summed E-state index contributed by atoms with van der Waals surface area (Å²) in [5.41, 5.74) is 9.72. The van der Waals surface area contributed by atoms with Crippen molar-refractivity contribution in [1.29, 1.82) is 0 Å². The van der Waals surface area contributed by atoms with Gasteiger partial charge in [-0.3, -0.25) is 9.88 Å². The maximum absolute atomic E-state index is 6.20. The number of nitrogens with two attached hydrogens (primary N) is 1. The average molecular weight is 277 g/mol. The predicted octanol–water partition coefficient (Wildman–Crippen LogP) is 2.27. The zero-order valence-corrected chi connectivity index (χ0v) is 13.4. The van der Waals surface area contributed by atoms with E-state index in [1.807, 2.05) is 13.1 Å². The van der Waals surface area contributed by atoms with Crippen molar-refractivity contribution in [1.82, 2.24) is 9.88 Å². The largest absolute Gasteiger partial charge is 0.496 e. The normalized spacial score (nSPS) is 22.8. The highest BCUT2D eigenvalue weighted by Crippen LogP contribution is 2.30. The monoisotopic (exact) mass is 277 g/mol. The number of rotatable bonds is 3. The van der Waals surface area contributed by atoms with E-state index in [1.54, 1.807) is 7.11 Å². The Morgan fingerprint density at radius 3 is 2.75 bits per heavy atom. The van der Waals surface area contributed by atoms with Crippen LogP contribution in [0.1, 0.15) is 37.1 Å². The first-order chi connectivity index (χ1) is 9.35. The third-order valence-electron chi connectivity index (χ3n) is 4.51. The first-order valence-electron chi connectivity index (χ1n) is 7.32. The van der Waals surface area contributed by atoms with Crippen LogP contribution < -0.4 is 10.5 Å². The van der Waals surface area contributed by atoms with Crippen molar-refractivity contribution < 1.29 is 4.74 Å². The van der Waals surface area contributed by atoms with Gasteiger partial charge in [-0.2, -0.15) is 0 Å². The smallest absolute Gasteiger partial charge is 0.128 e.